The van der Waals surface area contributed by atoms with E-state index in [9.17, 15) is 9.59 Å². The number of nitrogens with one attached hydrogen (secondary N) is 2. The Kier molecular flexibility index (Phi) is 7.76. The van der Waals surface area contributed by atoms with Crippen molar-refractivity contribution < 1.29 is 14.3 Å². The molecule has 1 aliphatic rings. The van der Waals surface area contributed by atoms with Gasteiger partial charge in [0.2, 0.25) is 5.91 Å². The molecule has 2 amide bonds. The van der Waals surface area contributed by atoms with Gasteiger partial charge in [-0.1, -0.05) is 25.7 Å². The van der Waals surface area contributed by atoms with Crippen LogP contribution in [0.3, 0.4) is 0 Å². The average Bonchev–Trinajstić information content (AvgIpc) is 2.91. The van der Waals surface area contributed by atoms with E-state index < -0.39 is 17.7 Å². The number of hydrogen-bond donors (Lipinski definition) is 2. The minimum atomic E-state index is -0.665. The van der Waals surface area contributed by atoms with Crippen molar-refractivity contribution in [2.24, 2.45) is 13.0 Å². The number of aryl methyl sites for hydroxylation is 2. The van der Waals surface area contributed by atoms with E-state index in [0.717, 1.165) is 61.0 Å². The number of amides is 2. The van der Waals surface area contributed by atoms with Crippen molar-refractivity contribution in [2.75, 3.05) is 5.32 Å². The lowest BCUT2D eigenvalue weighted by Crippen LogP contribution is -2.50. The summed E-state index contributed by atoms with van der Waals surface area (Å²) < 4.78 is 7.27. The molecular weight excluding hydrogens is 418 g/mol. The van der Waals surface area contributed by atoms with Crippen LogP contribution in [0.25, 0.3) is 11.1 Å². The van der Waals surface area contributed by atoms with Crippen LogP contribution >= 0.6 is 0 Å². The van der Waals surface area contributed by atoms with Crippen LogP contribution in [0.4, 0.5) is 10.6 Å². The molecule has 0 unspecified atom stereocenters. The van der Waals surface area contributed by atoms with E-state index in [-0.39, 0.29) is 11.8 Å². The van der Waals surface area contributed by atoms with Crippen LogP contribution in [0.15, 0.2) is 18.3 Å². The first-order chi connectivity index (χ1) is 15.5. The lowest BCUT2D eigenvalue weighted by molar-refractivity contribution is -0.119. The summed E-state index contributed by atoms with van der Waals surface area (Å²) in [5.41, 5.74) is 3.35. The predicted molar refractivity (Wildman–Crippen MR) is 129 cm³/mol. The van der Waals surface area contributed by atoms with E-state index in [2.05, 4.69) is 20.7 Å². The van der Waals surface area contributed by atoms with Gasteiger partial charge in [0, 0.05) is 30.1 Å². The van der Waals surface area contributed by atoms with Gasteiger partial charge >= 0.3 is 6.09 Å². The molecule has 0 bridgehead atoms. The Bertz CT molecular complexity index is 967. The number of aromatic nitrogens is 3. The summed E-state index contributed by atoms with van der Waals surface area (Å²) in [5, 5.41) is 10.2. The maximum atomic E-state index is 13.3. The van der Waals surface area contributed by atoms with Crippen LogP contribution in [-0.4, -0.2) is 38.4 Å². The van der Waals surface area contributed by atoms with Crippen molar-refractivity contribution in [1.82, 2.24) is 20.1 Å². The van der Waals surface area contributed by atoms with Crippen LogP contribution in [0.5, 0.6) is 0 Å². The number of alkyl carbamates (subject to hydrolysis) is 1. The Labute approximate surface area is 196 Å². The number of ether oxygens (including phenoxy) is 1. The fourth-order valence-electron chi connectivity index (χ4n) is 4.49. The molecular formula is C25H37N5O3. The first-order valence-electron chi connectivity index (χ1n) is 11.8. The molecule has 2 heterocycles. The number of carbonyl (C=O) groups is 2. The zero-order chi connectivity index (χ0) is 24.2. The van der Waals surface area contributed by atoms with Crippen molar-refractivity contribution in [1.29, 1.82) is 0 Å². The maximum absolute atomic E-state index is 13.3. The Morgan fingerprint density at radius 2 is 1.79 bits per heavy atom. The summed E-state index contributed by atoms with van der Waals surface area (Å²) in [6.07, 6.45) is 7.41. The lowest BCUT2D eigenvalue weighted by atomic mass is 9.91. The fraction of sp³-hybridized carbons (Fsp3) is 0.600. The molecule has 1 fully saturated rings. The number of rotatable bonds is 5. The van der Waals surface area contributed by atoms with Crippen LogP contribution in [0, 0.1) is 19.8 Å². The van der Waals surface area contributed by atoms with Crippen LogP contribution in [0.1, 0.15) is 70.7 Å². The van der Waals surface area contributed by atoms with Gasteiger partial charge in [-0.15, -0.1) is 0 Å². The number of hydrogen-bond acceptors (Lipinski definition) is 5. The summed E-state index contributed by atoms with van der Waals surface area (Å²) >= 11 is 0. The molecule has 1 aliphatic carbocycles. The highest BCUT2D eigenvalue weighted by molar-refractivity contribution is 5.96. The molecule has 2 N–H and O–H groups in total. The lowest BCUT2D eigenvalue weighted by Gasteiger charge is -2.28. The molecule has 8 heteroatoms. The molecule has 33 heavy (non-hydrogen) atoms. The topological polar surface area (TPSA) is 98.1 Å². The molecule has 2 aromatic heterocycles. The normalized spacial score (nSPS) is 16.1. The highest BCUT2D eigenvalue weighted by Gasteiger charge is 2.32. The SMILES string of the molecule is Cc1nn(C)c(C)c1-c1ccc(NC(=O)[C@@H](NC(=O)OC(C)(C)C)C2CCCCCC2)nc1. The molecule has 0 spiro atoms. The van der Waals surface area contributed by atoms with Gasteiger partial charge in [-0.3, -0.25) is 9.48 Å². The minimum absolute atomic E-state index is 0.0694. The first-order valence-corrected chi connectivity index (χ1v) is 11.8. The number of carbonyl (C=O) groups excluding carboxylic acids is 2. The van der Waals surface area contributed by atoms with Gasteiger partial charge < -0.3 is 15.4 Å². The third-order valence-electron chi connectivity index (χ3n) is 6.14. The smallest absolute Gasteiger partial charge is 0.408 e. The predicted octanol–water partition coefficient (Wildman–Crippen LogP) is 4.90. The molecule has 0 aromatic carbocycles. The molecule has 2 aromatic rings. The van der Waals surface area contributed by atoms with E-state index >= 15 is 0 Å². The summed E-state index contributed by atoms with van der Waals surface area (Å²) in [6, 6.07) is 3.06. The van der Waals surface area contributed by atoms with Crippen molar-refractivity contribution in [3.8, 4) is 11.1 Å². The minimum Gasteiger partial charge on any atom is -0.444 e. The monoisotopic (exact) mass is 455 g/mol. The molecule has 180 valence electrons. The van der Waals surface area contributed by atoms with E-state index in [4.69, 9.17) is 4.74 Å². The van der Waals surface area contributed by atoms with Gasteiger partial charge in [-0.25, -0.2) is 9.78 Å². The van der Waals surface area contributed by atoms with Crippen LogP contribution in [0.2, 0.25) is 0 Å². The molecule has 8 nitrogen and oxygen atoms in total. The standard InChI is InChI=1S/C25H37N5O3/c1-16-21(17(2)30(6)29-16)19-13-14-20(26-15-19)27-23(31)22(18-11-9-7-8-10-12-18)28-24(32)33-25(3,4)5/h13-15,18,22H,7-12H2,1-6H3,(H,28,32)(H,26,27,31)/t22-/m0/s1. The second-order valence-corrected chi connectivity index (χ2v) is 9.97. The first kappa shape index (κ1) is 24.7. The quantitative estimate of drug-likeness (QED) is 0.625. The third kappa shape index (κ3) is 6.55. The third-order valence-corrected chi connectivity index (χ3v) is 6.14. The van der Waals surface area contributed by atoms with Gasteiger partial charge in [0.25, 0.3) is 0 Å². The Hall–Kier alpha value is -2.90. The van der Waals surface area contributed by atoms with Crippen molar-refractivity contribution in [2.45, 2.75) is 84.8 Å². The van der Waals surface area contributed by atoms with E-state index in [1.807, 2.05) is 52.4 Å². The molecule has 0 radical (unpaired) electrons. The zero-order valence-corrected chi connectivity index (χ0v) is 20.7. The van der Waals surface area contributed by atoms with Gasteiger partial charge in [-0.05, 0) is 65.5 Å². The molecule has 3 rings (SSSR count). The van der Waals surface area contributed by atoms with E-state index in [1.165, 1.54) is 0 Å². The second-order valence-electron chi connectivity index (χ2n) is 9.97. The van der Waals surface area contributed by atoms with Crippen LogP contribution in [-0.2, 0) is 16.6 Å². The molecule has 0 saturated heterocycles. The van der Waals surface area contributed by atoms with Crippen LogP contribution < -0.4 is 10.6 Å². The summed E-state index contributed by atoms with van der Waals surface area (Å²) in [7, 11) is 1.92. The van der Waals surface area contributed by atoms with Crippen molar-refractivity contribution in [3.05, 3.63) is 29.7 Å². The number of anilines is 1. The largest absolute Gasteiger partial charge is 0.444 e. The maximum Gasteiger partial charge on any atom is 0.408 e. The Morgan fingerprint density at radius 3 is 2.30 bits per heavy atom. The summed E-state index contributed by atoms with van der Waals surface area (Å²) in [6.45, 7) is 9.42. The zero-order valence-electron chi connectivity index (χ0n) is 20.7. The highest BCUT2D eigenvalue weighted by atomic mass is 16.6. The van der Waals surface area contributed by atoms with Gasteiger partial charge in [0.05, 0.1) is 5.69 Å². The summed E-state index contributed by atoms with van der Waals surface area (Å²) in [5.74, 6) is 0.259. The van der Waals surface area contributed by atoms with E-state index in [0.29, 0.717) is 5.82 Å². The van der Waals surface area contributed by atoms with E-state index in [1.54, 1.807) is 12.3 Å². The molecule has 1 saturated carbocycles. The number of pyridine rings is 1. The Balaban J connectivity index is 1.75. The summed E-state index contributed by atoms with van der Waals surface area (Å²) in [4.78, 5) is 30.2. The highest BCUT2D eigenvalue weighted by Crippen LogP contribution is 2.28. The molecule has 0 aliphatic heterocycles. The average molecular weight is 456 g/mol. The van der Waals surface area contributed by atoms with Gasteiger partial charge in [-0.2, -0.15) is 5.10 Å². The van der Waals surface area contributed by atoms with Crippen molar-refractivity contribution in [3.63, 3.8) is 0 Å². The fourth-order valence-corrected chi connectivity index (χ4v) is 4.49. The van der Waals surface area contributed by atoms with Crippen molar-refractivity contribution >= 4 is 17.8 Å². The van der Waals surface area contributed by atoms with Gasteiger partial charge in [0.1, 0.15) is 17.5 Å². The Morgan fingerprint density at radius 1 is 1.12 bits per heavy atom. The molecule has 1 atom stereocenters. The number of nitrogens with zero attached hydrogens (tertiary/aromatic N) is 3. The van der Waals surface area contributed by atoms with Gasteiger partial charge in [0.15, 0.2) is 0 Å². The second kappa shape index (κ2) is 10.4.